The van der Waals surface area contributed by atoms with Gasteiger partial charge in [0.25, 0.3) is 5.91 Å². The lowest BCUT2D eigenvalue weighted by Crippen LogP contribution is -2.22. The number of nitrogens with one attached hydrogen (secondary N) is 1. The molecule has 2 rings (SSSR count). The van der Waals surface area contributed by atoms with Gasteiger partial charge in [-0.2, -0.15) is 13.2 Å². The van der Waals surface area contributed by atoms with E-state index in [2.05, 4.69) is 10.1 Å². The van der Waals surface area contributed by atoms with Gasteiger partial charge in [-0.05, 0) is 30.3 Å². The minimum absolute atomic E-state index is 0.0356. The van der Waals surface area contributed by atoms with Crippen LogP contribution in [0.1, 0.15) is 0 Å². The summed E-state index contributed by atoms with van der Waals surface area (Å²) in [5.74, 6) is -0.199. The van der Waals surface area contributed by atoms with Crippen molar-refractivity contribution in [2.24, 2.45) is 0 Å². The van der Waals surface area contributed by atoms with Crippen molar-refractivity contribution in [2.45, 2.75) is 6.18 Å². The topological polar surface area (TPSA) is 47.6 Å². The zero-order valence-corrected chi connectivity index (χ0v) is 13.0. The smallest absolute Gasteiger partial charge is 0.422 e. The third kappa shape index (κ3) is 6.00. The molecule has 0 aliphatic carbocycles. The molecule has 0 aromatic heterocycles. The van der Waals surface area contributed by atoms with Crippen LogP contribution in [0, 0.1) is 0 Å². The summed E-state index contributed by atoms with van der Waals surface area (Å²) in [6, 6.07) is 12.5. The Hall–Kier alpha value is -2.41. The van der Waals surface area contributed by atoms with Crippen LogP contribution >= 0.6 is 11.6 Å². The van der Waals surface area contributed by atoms with E-state index in [1.54, 1.807) is 30.3 Å². The highest BCUT2D eigenvalue weighted by molar-refractivity contribution is 6.31. The number of hydrogen-bond acceptors (Lipinski definition) is 3. The predicted molar refractivity (Wildman–Crippen MR) is 83.6 cm³/mol. The molecular formula is C16H13ClF3NO3. The van der Waals surface area contributed by atoms with Gasteiger partial charge in [0.15, 0.2) is 13.2 Å². The Morgan fingerprint density at radius 1 is 1.08 bits per heavy atom. The Morgan fingerprint density at radius 3 is 2.46 bits per heavy atom. The highest BCUT2D eigenvalue weighted by atomic mass is 35.5. The van der Waals surface area contributed by atoms with Gasteiger partial charge in [0, 0.05) is 5.02 Å². The van der Waals surface area contributed by atoms with Gasteiger partial charge in [-0.25, -0.2) is 0 Å². The molecule has 128 valence electrons. The van der Waals surface area contributed by atoms with Gasteiger partial charge in [0.2, 0.25) is 0 Å². The molecular weight excluding hydrogens is 347 g/mol. The van der Waals surface area contributed by atoms with Crippen molar-refractivity contribution in [2.75, 3.05) is 18.5 Å². The fraction of sp³-hybridized carbons (Fsp3) is 0.188. The quantitative estimate of drug-likeness (QED) is 0.836. The fourth-order valence-corrected chi connectivity index (χ4v) is 1.91. The number of para-hydroxylation sites is 1. The van der Waals surface area contributed by atoms with Crippen LogP contribution in [0.3, 0.4) is 0 Å². The summed E-state index contributed by atoms with van der Waals surface area (Å²) in [7, 11) is 0. The maximum atomic E-state index is 12.3. The molecule has 0 aliphatic heterocycles. The lowest BCUT2D eigenvalue weighted by atomic mass is 10.3. The Labute approximate surface area is 141 Å². The maximum absolute atomic E-state index is 12.3. The van der Waals surface area contributed by atoms with Crippen LogP contribution in [0.4, 0.5) is 18.9 Å². The van der Waals surface area contributed by atoms with Crippen molar-refractivity contribution in [1.82, 2.24) is 0 Å². The van der Waals surface area contributed by atoms with Crippen LogP contribution in [0.5, 0.6) is 11.5 Å². The third-order valence-corrected chi connectivity index (χ3v) is 2.96. The number of carbonyl (C=O) groups excluding carboxylic acids is 1. The fourth-order valence-electron chi connectivity index (χ4n) is 1.74. The van der Waals surface area contributed by atoms with Crippen LogP contribution < -0.4 is 14.8 Å². The van der Waals surface area contributed by atoms with E-state index in [9.17, 15) is 18.0 Å². The summed E-state index contributed by atoms with van der Waals surface area (Å²) in [4.78, 5) is 11.9. The average molecular weight is 360 g/mol. The first kappa shape index (κ1) is 17.9. The van der Waals surface area contributed by atoms with E-state index in [-0.39, 0.29) is 23.1 Å². The molecule has 0 aliphatic rings. The van der Waals surface area contributed by atoms with Crippen molar-refractivity contribution in [3.63, 3.8) is 0 Å². The summed E-state index contributed by atoms with van der Waals surface area (Å²) in [5.41, 5.74) is 0.0356. The number of ether oxygens (including phenoxy) is 2. The zero-order chi connectivity index (χ0) is 17.6. The van der Waals surface area contributed by atoms with Crippen LogP contribution in [0.25, 0.3) is 0 Å². The van der Waals surface area contributed by atoms with E-state index >= 15 is 0 Å². The van der Waals surface area contributed by atoms with Crippen molar-refractivity contribution >= 4 is 23.2 Å². The summed E-state index contributed by atoms with van der Waals surface area (Å²) < 4.78 is 46.7. The minimum Gasteiger partial charge on any atom is -0.484 e. The molecule has 0 fully saturated rings. The molecule has 4 nitrogen and oxygen atoms in total. The normalized spacial score (nSPS) is 11.0. The van der Waals surface area contributed by atoms with Gasteiger partial charge in [-0.15, -0.1) is 0 Å². The molecule has 0 bridgehead atoms. The molecule has 1 N–H and O–H groups in total. The van der Waals surface area contributed by atoms with Gasteiger partial charge >= 0.3 is 6.18 Å². The number of carbonyl (C=O) groups is 1. The molecule has 0 saturated carbocycles. The van der Waals surface area contributed by atoms with Crippen LogP contribution in [-0.2, 0) is 4.79 Å². The van der Waals surface area contributed by atoms with Crippen molar-refractivity contribution in [3.05, 3.63) is 53.6 Å². The van der Waals surface area contributed by atoms with E-state index in [0.717, 1.165) is 0 Å². The number of hydrogen-bond donors (Lipinski definition) is 1. The first-order valence-electron chi connectivity index (χ1n) is 6.80. The molecule has 2 aromatic carbocycles. The van der Waals surface area contributed by atoms with Crippen molar-refractivity contribution in [1.29, 1.82) is 0 Å². The molecule has 0 heterocycles. The zero-order valence-electron chi connectivity index (χ0n) is 12.3. The van der Waals surface area contributed by atoms with Crippen LogP contribution in [-0.4, -0.2) is 25.3 Å². The SMILES string of the molecule is O=C(COc1ccccc1)Nc1cc(Cl)ccc1OCC(F)(F)F. The first-order valence-corrected chi connectivity index (χ1v) is 7.18. The molecule has 0 unspecified atom stereocenters. The summed E-state index contributed by atoms with van der Waals surface area (Å²) >= 11 is 5.80. The Kier molecular flexibility index (Phi) is 5.92. The first-order chi connectivity index (χ1) is 11.3. The molecule has 0 spiro atoms. The molecule has 0 saturated heterocycles. The number of alkyl halides is 3. The van der Waals surface area contributed by atoms with E-state index in [1.165, 1.54) is 18.2 Å². The van der Waals surface area contributed by atoms with Crippen molar-refractivity contribution in [3.8, 4) is 11.5 Å². The largest absolute Gasteiger partial charge is 0.484 e. The van der Waals surface area contributed by atoms with Gasteiger partial charge in [-0.3, -0.25) is 4.79 Å². The molecule has 8 heteroatoms. The molecule has 2 aromatic rings. The summed E-state index contributed by atoms with van der Waals surface area (Å²) in [6.07, 6.45) is -4.49. The minimum atomic E-state index is -4.49. The number of amides is 1. The van der Waals surface area contributed by atoms with E-state index in [0.29, 0.717) is 5.75 Å². The summed E-state index contributed by atoms with van der Waals surface area (Å²) in [6.45, 7) is -1.78. The molecule has 0 atom stereocenters. The van der Waals surface area contributed by atoms with Crippen LogP contribution in [0.2, 0.25) is 5.02 Å². The van der Waals surface area contributed by atoms with Gasteiger partial charge in [0.05, 0.1) is 5.69 Å². The predicted octanol–water partition coefficient (Wildman–Crippen LogP) is 4.30. The molecule has 24 heavy (non-hydrogen) atoms. The second-order valence-electron chi connectivity index (χ2n) is 4.69. The number of halogens is 4. The number of benzene rings is 2. The second-order valence-corrected chi connectivity index (χ2v) is 5.13. The summed E-state index contributed by atoms with van der Waals surface area (Å²) in [5, 5.41) is 2.66. The van der Waals surface area contributed by atoms with E-state index < -0.39 is 18.7 Å². The van der Waals surface area contributed by atoms with Crippen LogP contribution in [0.15, 0.2) is 48.5 Å². The molecule has 0 radical (unpaired) electrons. The maximum Gasteiger partial charge on any atom is 0.422 e. The van der Waals surface area contributed by atoms with E-state index in [4.69, 9.17) is 16.3 Å². The van der Waals surface area contributed by atoms with Gasteiger partial charge < -0.3 is 14.8 Å². The Morgan fingerprint density at radius 2 is 1.79 bits per heavy atom. The average Bonchev–Trinajstić information content (AvgIpc) is 2.52. The Bertz CT molecular complexity index is 693. The van der Waals surface area contributed by atoms with Crippen molar-refractivity contribution < 1.29 is 27.4 Å². The molecule has 1 amide bonds. The van der Waals surface area contributed by atoms with Gasteiger partial charge in [0.1, 0.15) is 11.5 Å². The third-order valence-electron chi connectivity index (χ3n) is 2.72. The Balaban J connectivity index is 1.99. The highest BCUT2D eigenvalue weighted by Crippen LogP contribution is 2.29. The lowest BCUT2D eigenvalue weighted by Gasteiger charge is -2.14. The lowest BCUT2D eigenvalue weighted by molar-refractivity contribution is -0.153. The van der Waals surface area contributed by atoms with E-state index in [1.807, 2.05) is 0 Å². The second kappa shape index (κ2) is 7.92. The monoisotopic (exact) mass is 359 g/mol. The number of rotatable bonds is 6. The van der Waals surface area contributed by atoms with Gasteiger partial charge in [-0.1, -0.05) is 29.8 Å². The highest BCUT2D eigenvalue weighted by Gasteiger charge is 2.29. The number of anilines is 1. The standard InChI is InChI=1S/C16H13ClF3NO3/c17-11-6-7-14(24-10-16(18,19)20)13(8-11)21-15(22)9-23-12-4-2-1-3-5-12/h1-8H,9-10H2,(H,21,22).